The van der Waals surface area contributed by atoms with Crippen LogP contribution in [0.1, 0.15) is 33.2 Å². The third-order valence-corrected chi connectivity index (χ3v) is 7.74. The van der Waals surface area contributed by atoms with Crippen molar-refractivity contribution in [1.82, 2.24) is 4.98 Å². The summed E-state index contributed by atoms with van der Waals surface area (Å²) in [6, 6.07) is 26.9. The summed E-state index contributed by atoms with van der Waals surface area (Å²) in [5.74, 6) is 0.199. The van der Waals surface area contributed by atoms with Gasteiger partial charge in [-0.1, -0.05) is 71.7 Å². The lowest BCUT2D eigenvalue weighted by Crippen LogP contribution is -2.15. The van der Waals surface area contributed by atoms with Crippen LogP contribution in [0.4, 0.5) is 10.1 Å². The van der Waals surface area contributed by atoms with E-state index in [1.807, 2.05) is 30.3 Å². The number of carbonyl (C=O) groups is 1. The first-order valence-electron chi connectivity index (χ1n) is 13.7. The van der Waals surface area contributed by atoms with Crippen LogP contribution in [0.15, 0.2) is 103 Å². The van der Waals surface area contributed by atoms with Gasteiger partial charge in [0.05, 0.1) is 35.5 Å². The average molecular weight is 632 g/mol. The second kappa shape index (κ2) is 14.3. The zero-order chi connectivity index (χ0) is 31.1. The molecule has 44 heavy (non-hydrogen) atoms. The Morgan fingerprint density at radius 2 is 1.55 bits per heavy atom. The van der Waals surface area contributed by atoms with Crippen molar-refractivity contribution in [2.24, 2.45) is 0 Å². The predicted octanol–water partition coefficient (Wildman–Crippen LogP) is 8.96. The van der Waals surface area contributed by atoms with Crippen LogP contribution < -0.4 is 14.8 Å². The molecule has 0 fully saturated rings. The molecule has 0 unspecified atom stereocenters. The molecule has 1 aromatic heterocycles. The van der Waals surface area contributed by atoms with Gasteiger partial charge in [-0.2, -0.15) is 0 Å². The van der Waals surface area contributed by atoms with Crippen molar-refractivity contribution in [2.45, 2.75) is 19.1 Å². The molecule has 0 bridgehead atoms. The number of aromatic nitrogens is 1. The van der Waals surface area contributed by atoms with Gasteiger partial charge in [-0.25, -0.2) is 9.18 Å². The first kappa shape index (κ1) is 30.9. The number of hydrogen-bond acceptors (Lipinski definition) is 6. The van der Waals surface area contributed by atoms with Crippen molar-refractivity contribution in [2.75, 3.05) is 19.5 Å². The molecule has 1 atom stereocenters. The van der Waals surface area contributed by atoms with Crippen molar-refractivity contribution in [1.29, 1.82) is 0 Å². The Hall–Kier alpha value is -4.59. The Bertz CT molecular complexity index is 1760. The lowest BCUT2D eigenvalue weighted by atomic mass is 10.00. The first-order chi connectivity index (χ1) is 21.4. The first-order valence-corrected chi connectivity index (χ1v) is 14.5. The number of nitrogens with zero attached hydrogens (tertiary/aromatic N) is 1. The number of methoxy groups -OCH3 is 2. The average Bonchev–Trinajstić information content (AvgIpc) is 3.05. The van der Waals surface area contributed by atoms with Crippen molar-refractivity contribution in [3.05, 3.63) is 142 Å². The number of esters is 1. The van der Waals surface area contributed by atoms with Gasteiger partial charge >= 0.3 is 5.97 Å². The van der Waals surface area contributed by atoms with E-state index in [1.165, 1.54) is 25.6 Å². The van der Waals surface area contributed by atoms with Gasteiger partial charge in [0, 0.05) is 25.4 Å². The van der Waals surface area contributed by atoms with Crippen molar-refractivity contribution >= 4 is 34.9 Å². The van der Waals surface area contributed by atoms with Crippen LogP contribution in [0.25, 0.3) is 11.1 Å². The highest BCUT2D eigenvalue weighted by atomic mass is 35.5. The van der Waals surface area contributed by atoms with Gasteiger partial charge < -0.3 is 19.5 Å². The Kier molecular flexibility index (Phi) is 10.00. The van der Waals surface area contributed by atoms with E-state index in [0.29, 0.717) is 50.5 Å². The van der Waals surface area contributed by atoms with Crippen molar-refractivity contribution < 1.29 is 23.4 Å². The quantitative estimate of drug-likeness (QED) is 0.147. The molecular formula is C35H29Cl2FN2O4. The molecule has 6 nitrogen and oxygen atoms in total. The van der Waals surface area contributed by atoms with Crippen LogP contribution in [0, 0.1) is 5.82 Å². The number of nitrogens with one attached hydrogen (secondary N) is 1. The Balaban J connectivity index is 1.40. The summed E-state index contributed by atoms with van der Waals surface area (Å²) in [5, 5.41) is 3.86. The number of hydrogen-bond donors (Lipinski definition) is 1. The summed E-state index contributed by atoms with van der Waals surface area (Å²) < 4.78 is 31.0. The minimum atomic E-state index is -0.754. The summed E-state index contributed by atoms with van der Waals surface area (Å²) in [4.78, 5) is 17.6. The summed E-state index contributed by atoms with van der Waals surface area (Å²) in [7, 11) is 3.09. The highest BCUT2D eigenvalue weighted by Gasteiger charge is 2.23. The summed E-state index contributed by atoms with van der Waals surface area (Å²) in [6.07, 6.45) is 2.45. The predicted molar refractivity (Wildman–Crippen MR) is 171 cm³/mol. The highest BCUT2D eigenvalue weighted by molar-refractivity contribution is 6.35. The normalized spacial score (nSPS) is 11.5. The number of para-hydroxylation sites is 1. The molecule has 0 saturated heterocycles. The molecule has 4 aromatic carbocycles. The van der Waals surface area contributed by atoms with E-state index in [0.717, 1.165) is 16.7 Å². The molecule has 5 rings (SSSR count). The van der Waals surface area contributed by atoms with E-state index in [-0.39, 0.29) is 12.2 Å². The summed E-state index contributed by atoms with van der Waals surface area (Å²) >= 11 is 12.9. The van der Waals surface area contributed by atoms with E-state index in [4.69, 9.17) is 37.4 Å². The Labute approximate surface area is 265 Å². The molecular weight excluding hydrogens is 602 g/mol. The molecule has 0 spiro atoms. The van der Waals surface area contributed by atoms with Gasteiger partial charge in [-0.3, -0.25) is 4.98 Å². The van der Waals surface area contributed by atoms with Gasteiger partial charge in [0.2, 0.25) is 0 Å². The number of carbonyl (C=O) groups excluding carboxylic acids is 1. The van der Waals surface area contributed by atoms with Crippen LogP contribution in [-0.4, -0.2) is 25.2 Å². The molecule has 5 aromatic rings. The standard InChI is InChI=1S/C35H29Cl2FN2O4/c1-42-32-14-13-25(17-34(32)43-2)33(18-27-28(36)20-39-21-29(27)37)44-35(41)26-10-6-9-24(16-26)23-8-5-7-22(15-23)19-40-31-12-4-3-11-30(31)38/h3-17,20-21,33,40H,18-19H2,1-2H3/t33-/m0/s1. The number of benzene rings is 4. The highest BCUT2D eigenvalue weighted by Crippen LogP contribution is 2.36. The van der Waals surface area contributed by atoms with E-state index in [2.05, 4.69) is 10.3 Å². The number of rotatable bonds is 11. The molecule has 1 N–H and O–H groups in total. The van der Waals surface area contributed by atoms with Crippen LogP contribution in [0.3, 0.4) is 0 Å². The minimum absolute atomic E-state index is 0.207. The van der Waals surface area contributed by atoms with Gasteiger partial charge in [-0.05, 0) is 70.3 Å². The Morgan fingerprint density at radius 3 is 2.27 bits per heavy atom. The zero-order valence-corrected chi connectivity index (χ0v) is 25.5. The molecule has 1 heterocycles. The third kappa shape index (κ3) is 7.30. The topological polar surface area (TPSA) is 69.7 Å². The molecule has 0 aliphatic rings. The number of pyridine rings is 1. The maximum absolute atomic E-state index is 14.1. The van der Waals surface area contributed by atoms with Crippen molar-refractivity contribution in [3.63, 3.8) is 0 Å². The van der Waals surface area contributed by atoms with Crippen molar-refractivity contribution in [3.8, 4) is 22.6 Å². The summed E-state index contributed by atoms with van der Waals surface area (Å²) in [6.45, 7) is 0.434. The number of ether oxygens (including phenoxy) is 3. The number of anilines is 1. The lowest BCUT2D eigenvalue weighted by Gasteiger charge is -2.21. The van der Waals surface area contributed by atoms with Gasteiger partial charge in [0.25, 0.3) is 0 Å². The van der Waals surface area contributed by atoms with Gasteiger partial charge in [0.1, 0.15) is 11.9 Å². The molecule has 0 aliphatic carbocycles. The van der Waals surface area contributed by atoms with E-state index in [1.54, 1.807) is 61.7 Å². The van der Waals surface area contributed by atoms with Gasteiger partial charge in [-0.15, -0.1) is 0 Å². The van der Waals surface area contributed by atoms with Crippen LogP contribution >= 0.6 is 23.2 Å². The fourth-order valence-electron chi connectivity index (χ4n) is 4.78. The molecule has 0 aliphatic heterocycles. The SMILES string of the molecule is COc1ccc([C@H](Cc2c(Cl)cncc2Cl)OC(=O)c2cccc(-c3cccc(CNc4ccccc4F)c3)c2)cc1OC. The zero-order valence-electron chi connectivity index (χ0n) is 24.0. The van der Waals surface area contributed by atoms with E-state index in [9.17, 15) is 9.18 Å². The number of halogens is 3. The van der Waals surface area contributed by atoms with Gasteiger partial charge in [0.15, 0.2) is 11.5 Å². The van der Waals surface area contributed by atoms with Crippen LogP contribution in [0.2, 0.25) is 10.0 Å². The third-order valence-electron chi connectivity index (χ3n) is 7.09. The van der Waals surface area contributed by atoms with E-state index < -0.39 is 12.1 Å². The minimum Gasteiger partial charge on any atom is -0.493 e. The fourth-order valence-corrected chi connectivity index (χ4v) is 5.30. The smallest absolute Gasteiger partial charge is 0.338 e. The van der Waals surface area contributed by atoms with E-state index >= 15 is 0 Å². The molecule has 0 radical (unpaired) electrons. The van der Waals surface area contributed by atoms with Crippen LogP contribution in [-0.2, 0) is 17.7 Å². The molecule has 9 heteroatoms. The summed E-state index contributed by atoms with van der Waals surface area (Å²) in [5.41, 5.74) is 4.76. The Morgan fingerprint density at radius 1 is 0.841 bits per heavy atom. The monoisotopic (exact) mass is 630 g/mol. The largest absolute Gasteiger partial charge is 0.493 e. The van der Waals surface area contributed by atoms with Crippen LogP contribution in [0.5, 0.6) is 11.5 Å². The lowest BCUT2D eigenvalue weighted by molar-refractivity contribution is 0.0297. The second-order valence-corrected chi connectivity index (χ2v) is 10.7. The maximum Gasteiger partial charge on any atom is 0.338 e. The molecule has 0 amide bonds. The molecule has 0 saturated carbocycles. The maximum atomic E-state index is 14.1. The fraction of sp³-hybridized carbons (Fsp3) is 0.143. The molecule has 224 valence electrons. The second-order valence-electron chi connectivity index (χ2n) is 9.91.